The third-order valence-corrected chi connectivity index (χ3v) is 10.00. The quantitative estimate of drug-likeness (QED) is 0.628. The number of benzene rings is 3. The van der Waals surface area contributed by atoms with Crippen LogP contribution in [0.1, 0.15) is 23.0 Å². The minimum absolute atomic E-state index is 0.103. The Morgan fingerprint density at radius 3 is 1.58 bits per heavy atom. The Hall–Kier alpha value is -2.22. The first-order chi connectivity index (χ1) is 11.7. The molecule has 0 aliphatic heterocycles. The summed E-state index contributed by atoms with van der Waals surface area (Å²) in [4.78, 5) is -0.284. The van der Waals surface area contributed by atoms with E-state index in [1.54, 1.807) is 12.1 Å². The van der Waals surface area contributed by atoms with Crippen molar-refractivity contribution in [1.29, 1.82) is 0 Å². The Labute approximate surface area is 142 Å². The zero-order valence-corrected chi connectivity index (χ0v) is 14.7. The first-order valence-electron chi connectivity index (χ1n) is 8.17. The zero-order chi connectivity index (χ0) is 16.3. The predicted molar refractivity (Wildman–Crippen MR) is 94.3 cm³/mol. The van der Waals surface area contributed by atoms with Gasteiger partial charge in [-0.2, -0.15) is 0 Å². The maximum atomic E-state index is 13.3. The summed E-state index contributed by atoms with van der Waals surface area (Å²) in [5.41, 5.74) is 4.77. The van der Waals surface area contributed by atoms with Gasteiger partial charge in [-0.05, 0) is 0 Å². The molecule has 3 heteroatoms. The van der Waals surface area contributed by atoms with Crippen LogP contribution >= 0.6 is 0 Å². The molecule has 0 saturated heterocycles. The summed E-state index contributed by atoms with van der Waals surface area (Å²) in [6, 6.07) is 25.5. The predicted octanol–water partition coefficient (Wildman–Crippen LogP) is 4.13. The van der Waals surface area contributed by atoms with E-state index >= 15 is 0 Å². The van der Waals surface area contributed by atoms with E-state index in [-0.39, 0.29) is 16.7 Å². The van der Waals surface area contributed by atoms with E-state index in [1.165, 1.54) is 22.3 Å². The molecule has 0 aromatic heterocycles. The Morgan fingerprint density at radius 2 is 1.04 bits per heavy atom. The van der Waals surface area contributed by atoms with Gasteiger partial charge in [0.2, 0.25) is 0 Å². The van der Waals surface area contributed by atoms with Crippen LogP contribution in [0.25, 0.3) is 11.1 Å². The van der Waals surface area contributed by atoms with E-state index in [1.807, 2.05) is 42.5 Å². The van der Waals surface area contributed by atoms with E-state index in [2.05, 4.69) is 24.3 Å². The van der Waals surface area contributed by atoms with Crippen LogP contribution in [0, 0.1) is 0 Å². The fourth-order valence-corrected chi connectivity index (χ4v) is 8.78. The third kappa shape index (κ3) is 1.83. The van der Waals surface area contributed by atoms with E-state index in [9.17, 15) is 7.67 Å². The van der Waals surface area contributed by atoms with E-state index < -0.39 is 12.7 Å². The summed E-state index contributed by atoms with van der Waals surface area (Å²) in [7, 11) is 0. The second kappa shape index (κ2) is 4.89. The molecule has 0 heterocycles. The summed E-state index contributed by atoms with van der Waals surface area (Å²) >= 11 is -4.22. The van der Waals surface area contributed by atoms with Gasteiger partial charge in [-0.25, -0.2) is 0 Å². The Morgan fingerprint density at radius 1 is 0.583 bits per heavy atom. The van der Waals surface area contributed by atoms with Crippen molar-refractivity contribution in [2.75, 3.05) is 0 Å². The summed E-state index contributed by atoms with van der Waals surface area (Å²) < 4.78 is 27.0. The molecule has 2 aliphatic carbocycles. The van der Waals surface area contributed by atoms with Crippen LogP contribution in [0.3, 0.4) is 0 Å². The molecule has 3 atom stereocenters. The molecule has 24 heavy (non-hydrogen) atoms. The van der Waals surface area contributed by atoms with Gasteiger partial charge in [0, 0.05) is 0 Å². The standard InChI is InChI=1S/C21H16O2Se/c22-24(23,14-8-2-1-3-9-14)21-19-17-12-6-4-10-15(17)16-11-5-7-13-18(16)20(19)21/h1-13,19-21H/t19-,20+,21?. The molecule has 0 amide bonds. The van der Waals surface area contributed by atoms with Crippen molar-refractivity contribution >= 4 is 17.2 Å². The van der Waals surface area contributed by atoms with Crippen molar-refractivity contribution in [2.24, 2.45) is 0 Å². The molecule has 1 saturated carbocycles. The van der Waals surface area contributed by atoms with Crippen LogP contribution in [-0.2, 0) is 7.67 Å². The molecular formula is C21H16O2Se. The maximum absolute atomic E-state index is 13.3. The summed E-state index contributed by atoms with van der Waals surface area (Å²) in [5.74, 6) is 0.206. The molecule has 0 N–H and O–H groups in total. The monoisotopic (exact) mass is 380 g/mol. The van der Waals surface area contributed by atoms with Crippen molar-refractivity contribution in [1.82, 2.24) is 0 Å². The van der Waals surface area contributed by atoms with Gasteiger partial charge < -0.3 is 0 Å². The molecule has 2 nitrogen and oxygen atoms in total. The van der Waals surface area contributed by atoms with Crippen LogP contribution in [0.2, 0.25) is 4.82 Å². The van der Waals surface area contributed by atoms with Crippen LogP contribution in [0.5, 0.6) is 0 Å². The molecule has 0 radical (unpaired) electrons. The number of hydrogen-bond donors (Lipinski definition) is 0. The normalized spacial score (nSPS) is 23.8. The number of rotatable bonds is 2. The molecule has 2 aliphatic rings. The first-order valence-corrected chi connectivity index (χ1v) is 11.4. The van der Waals surface area contributed by atoms with E-state index in [0.29, 0.717) is 4.46 Å². The van der Waals surface area contributed by atoms with Crippen molar-refractivity contribution < 1.29 is 7.67 Å². The van der Waals surface area contributed by atoms with Gasteiger partial charge in [-0.1, -0.05) is 0 Å². The molecule has 5 rings (SSSR count). The first kappa shape index (κ1) is 14.2. The van der Waals surface area contributed by atoms with Crippen molar-refractivity contribution in [3.63, 3.8) is 0 Å². The van der Waals surface area contributed by atoms with Gasteiger partial charge in [0.05, 0.1) is 0 Å². The van der Waals surface area contributed by atoms with Gasteiger partial charge in [-0.15, -0.1) is 0 Å². The van der Waals surface area contributed by atoms with Crippen LogP contribution in [0.4, 0.5) is 0 Å². The second-order valence-corrected chi connectivity index (χ2v) is 11.0. The molecule has 118 valence electrons. The average Bonchev–Trinajstić information content (AvgIpc) is 3.40. The third-order valence-electron chi connectivity index (χ3n) is 5.31. The number of hydrogen-bond acceptors (Lipinski definition) is 2. The Kier molecular flexibility index (Phi) is 2.88. The Bertz CT molecular complexity index is 987. The number of fused-ring (bicyclic) bond motifs is 6. The van der Waals surface area contributed by atoms with Crippen molar-refractivity contribution in [3.8, 4) is 11.1 Å². The molecular weight excluding hydrogens is 363 g/mol. The molecule has 0 bridgehead atoms. The van der Waals surface area contributed by atoms with E-state index in [4.69, 9.17) is 0 Å². The molecule has 3 aromatic rings. The molecule has 1 unspecified atom stereocenters. The van der Waals surface area contributed by atoms with E-state index in [0.717, 1.165) is 0 Å². The van der Waals surface area contributed by atoms with Crippen molar-refractivity contribution in [2.45, 2.75) is 16.7 Å². The fraction of sp³-hybridized carbons (Fsp3) is 0.143. The van der Waals surface area contributed by atoms with Gasteiger partial charge in [0.1, 0.15) is 0 Å². The van der Waals surface area contributed by atoms with Gasteiger partial charge in [-0.3, -0.25) is 0 Å². The topological polar surface area (TPSA) is 34.1 Å². The minimum atomic E-state index is -4.22. The van der Waals surface area contributed by atoms with Crippen LogP contribution < -0.4 is 4.46 Å². The molecule has 3 aromatic carbocycles. The van der Waals surface area contributed by atoms with Crippen LogP contribution in [0.15, 0.2) is 78.9 Å². The summed E-state index contributed by atoms with van der Waals surface area (Å²) in [6.45, 7) is 0. The summed E-state index contributed by atoms with van der Waals surface area (Å²) in [6.07, 6.45) is 0. The van der Waals surface area contributed by atoms with Gasteiger partial charge in [0.15, 0.2) is 0 Å². The summed E-state index contributed by atoms with van der Waals surface area (Å²) in [5, 5.41) is 0. The second-order valence-electron chi connectivity index (χ2n) is 6.55. The Balaban J connectivity index is 1.70. The fourth-order valence-electron chi connectivity index (χ4n) is 4.24. The van der Waals surface area contributed by atoms with Crippen LogP contribution in [-0.4, -0.2) is 12.7 Å². The average molecular weight is 379 g/mol. The van der Waals surface area contributed by atoms with Gasteiger partial charge >= 0.3 is 143 Å². The van der Waals surface area contributed by atoms with Crippen molar-refractivity contribution in [3.05, 3.63) is 90.0 Å². The molecule has 0 spiro atoms. The van der Waals surface area contributed by atoms with Gasteiger partial charge in [0.25, 0.3) is 0 Å². The molecule has 1 fully saturated rings. The zero-order valence-electron chi connectivity index (χ0n) is 13.0. The SMILES string of the molecule is O=[Se](=O)(c1ccccc1)C1[C@H]2c3ccccc3-c3ccccc3[C@@H]12.